The number of H-pyrrole nitrogens is 1. The van der Waals surface area contributed by atoms with Crippen LogP contribution >= 0.6 is 11.3 Å². The van der Waals surface area contributed by atoms with Gasteiger partial charge in [0.2, 0.25) is 0 Å². The molecule has 2 aromatic rings. The molecule has 3 heterocycles. The summed E-state index contributed by atoms with van der Waals surface area (Å²) in [4.78, 5) is 3.74. The molecule has 22 heavy (non-hydrogen) atoms. The third-order valence-electron chi connectivity index (χ3n) is 5.39. The van der Waals surface area contributed by atoms with Gasteiger partial charge in [0, 0.05) is 31.1 Å². The zero-order chi connectivity index (χ0) is 15.0. The molecule has 1 aliphatic heterocycles. The summed E-state index contributed by atoms with van der Waals surface area (Å²) < 4.78 is 0. The standard InChI is InChI=1S/C17H23N3OS/c21-17-6-2-1-4-14(17)12-20(8-7-17)11-13-10-18-19-16(13)15-5-3-9-22-15/h3,5,9-10,14,21H,1-2,4,6-8,11-12H2,(H,18,19). The van der Waals surface area contributed by atoms with Crippen molar-refractivity contribution in [2.45, 2.75) is 44.2 Å². The van der Waals surface area contributed by atoms with Crippen molar-refractivity contribution in [3.05, 3.63) is 29.3 Å². The van der Waals surface area contributed by atoms with Crippen molar-refractivity contribution >= 4 is 11.3 Å². The Balaban J connectivity index is 1.48. The van der Waals surface area contributed by atoms with Crippen molar-refractivity contribution in [3.8, 4) is 10.6 Å². The topological polar surface area (TPSA) is 52.1 Å². The van der Waals surface area contributed by atoms with E-state index in [0.29, 0.717) is 5.92 Å². The van der Waals surface area contributed by atoms with Gasteiger partial charge in [0.25, 0.3) is 0 Å². The summed E-state index contributed by atoms with van der Waals surface area (Å²) in [5.74, 6) is 0.451. The molecule has 4 nitrogen and oxygen atoms in total. The highest BCUT2D eigenvalue weighted by molar-refractivity contribution is 7.13. The monoisotopic (exact) mass is 317 g/mol. The molecule has 0 bridgehead atoms. The maximum absolute atomic E-state index is 10.8. The van der Waals surface area contributed by atoms with E-state index in [1.807, 2.05) is 6.20 Å². The van der Waals surface area contributed by atoms with Crippen LogP contribution in [0.4, 0.5) is 0 Å². The molecule has 0 aromatic carbocycles. The largest absolute Gasteiger partial charge is 0.390 e. The van der Waals surface area contributed by atoms with Gasteiger partial charge in [-0.1, -0.05) is 18.9 Å². The molecule has 4 rings (SSSR count). The van der Waals surface area contributed by atoms with E-state index in [1.165, 1.54) is 29.7 Å². The van der Waals surface area contributed by atoms with Gasteiger partial charge in [-0.05, 0) is 30.7 Å². The minimum Gasteiger partial charge on any atom is -0.390 e. The summed E-state index contributed by atoms with van der Waals surface area (Å²) in [5.41, 5.74) is 2.03. The first-order valence-corrected chi connectivity index (χ1v) is 9.13. The molecule has 2 fully saturated rings. The minimum atomic E-state index is -0.387. The number of hydrogen-bond donors (Lipinski definition) is 2. The zero-order valence-electron chi connectivity index (χ0n) is 12.8. The Labute approximate surface area is 135 Å². The van der Waals surface area contributed by atoms with E-state index in [4.69, 9.17) is 0 Å². The number of hydrogen-bond acceptors (Lipinski definition) is 4. The van der Waals surface area contributed by atoms with E-state index in [2.05, 4.69) is 32.6 Å². The molecule has 0 spiro atoms. The number of nitrogens with one attached hydrogen (secondary N) is 1. The number of aromatic nitrogens is 2. The van der Waals surface area contributed by atoms with E-state index < -0.39 is 0 Å². The van der Waals surface area contributed by atoms with E-state index in [9.17, 15) is 5.11 Å². The Hall–Kier alpha value is -1.17. The molecule has 0 radical (unpaired) electrons. The lowest BCUT2D eigenvalue weighted by atomic mass is 9.71. The van der Waals surface area contributed by atoms with Crippen LogP contribution in [0.15, 0.2) is 23.7 Å². The molecule has 1 saturated carbocycles. The van der Waals surface area contributed by atoms with Gasteiger partial charge >= 0.3 is 0 Å². The summed E-state index contributed by atoms with van der Waals surface area (Å²) in [6, 6.07) is 4.21. The predicted molar refractivity (Wildman–Crippen MR) is 88.7 cm³/mol. The van der Waals surface area contributed by atoms with Crippen LogP contribution in [0.25, 0.3) is 10.6 Å². The Morgan fingerprint density at radius 3 is 3.23 bits per heavy atom. The highest BCUT2D eigenvalue weighted by Crippen LogP contribution is 2.40. The van der Waals surface area contributed by atoms with Crippen LogP contribution < -0.4 is 0 Å². The predicted octanol–water partition coefficient (Wildman–Crippen LogP) is 3.27. The fraction of sp³-hybridized carbons (Fsp3) is 0.588. The molecule has 2 atom stereocenters. The zero-order valence-corrected chi connectivity index (χ0v) is 13.6. The normalized spacial score (nSPS) is 29.4. The van der Waals surface area contributed by atoms with Crippen LogP contribution in [-0.4, -0.2) is 38.9 Å². The second-order valence-electron chi connectivity index (χ2n) is 6.78. The molecule has 118 valence electrons. The van der Waals surface area contributed by atoms with Crippen molar-refractivity contribution in [1.29, 1.82) is 0 Å². The number of aliphatic hydroxyl groups is 1. The maximum Gasteiger partial charge on any atom is 0.0794 e. The number of likely N-dealkylation sites (tertiary alicyclic amines) is 1. The molecule has 5 heteroatoms. The van der Waals surface area contributed by atoms with Crippen LogP contribution in [0.5, 0.6) is 0 Å². The summed E-state index contributed by atoms with van der Waals surface area (Å²) in [6.45, 7) is 2.93. The summed E-state index contributed by atoms with van der Waals surface area (Å²) in [7, 11) is 0. The van der Waals surface area contributed by atoms with E-state index >= 15 is 0 Å². The lowest BCUT2D eigenvalue weighted by molar-refractivity contribution is -0.0967. The number of thiophene rings is 1. The first-order valence-electron chi connectivity index (χ1n) is 8.25. The molecule has 2 aliphatic rings. The summed E-state index contributed by atoms with van der Waals surface area (Å²) in [5, 5.41) is 20.3. The second-order valence-corrected chi connectivity index (χ2v) is 7.73. The second kappa shape index (κ2) is 5.80. The molecule has 1 aliphatic carbocycles. The first-order chi connectivity index (χ1) is 10.7. The van der Waals surface area contributed by atoms with Gasteiger partial charge in [-0.3, -0.25) is 10.00 Å². The summed E-state index contributed by atoms with van der Waals surface area (Å²) >= 11 is 1.74. The van der Waals surface area contributed by atoms with E-state index in [1.54, 1.807) is 11.3 Å². The van der Waals surface area contributed by atoms with Gasteiger partial charge in [-0.15, -0.1) is 11.3 Å². The van der Waals surface area contributed by atoms with Gasteiger partial charge in [-0.25, -0.2) is 0 Å². The quantitative estimate of drug-likeness (QED) is 0.913. The van der Waals surface area contributed by atoms with Gasteiger partial charge in [0.1, 0.15) is 0 Å². The molecule has 2 aromatic heterocycles. The number of fused-ring (bicyclic) bond motifs is 1. The van der Waals surface area contributed by atoms with Crippen molar-refractivity contribution in [3.63, 3.8) is 0 Å². The van der Waals surface area contributed by atoms with Crippen molar-refractivity contribution in [1.82, 2.24) is 15.1 Å². The van der Waals surface area contributed by atoms with Crippen LogP contribution in [0.2, 0.25) is 0 Å². The fourth-order valence-electron chi connectivity index (χ4n) is 4.09. The van der Waals surface area contributed by atoms with Gasteiger partial charge in [0.15, 0.2) is 0 Å². The Bertz CT molecular complexity index is 624. The van der Waals surface area contributed by atoms with Crippen LogP contribution in [0.3, 0.4) is 0 Å². The van der Waals surface area contributed by atoms with E-state index in [-0.39, 0.29) is 5.60 Å². The first kappa shape index (κ1) is 14.4. The smallest absolute Gasteiger partial charge is 0.0794 e. The van der Waals surface area contributed by atoms with Crippen LogP contribution in [-0.2, 0) is 6.54 Å². The minimum absolute atomic E-state index is 0.387. The fourth-order valence-corrected chi connectivity index (χ4v) is 4.84. The van der Waals surface area contributed by atoms with E-state index in [0.717, 1.165) is 38.2 Å². The van der Waals surface area contributed by atoms with Crippen molar-refractivity contribution in [2.75, 3.05) is 13.1 Å². The summed E-state index contributed by atoms with van der Waals surface area (Å²) in [6.07, 6.45) is 7.51. The number of aromatic amines is 1. The van der Waals surface area contributed by atoms with Crippen molar-refractivity contribution < 1.29 is 5.11 Å². The maximum atomic E-state index is 10.8. The lowest BCUT2D eigenvalue weighted by Crippen LogP contribution is -2.52. The number of rotatable bonds is 3. The van der Waals surface area contributed by atoms with Gasteiger partial charge < -0.3 is 5.11 Å². The highest BCUT2D eigenvalue weighted by Gasteiger charge is 2.42. The average molecular weight is 317 g/mol. The lowest BCUT2D eigenvalue weighted by Gasteiger charge is -2.47. The Kier molecular flexibility index (Phi) is 3.80. The molecule has 0 amide bonds. The van der Waals surface area contributed by atoms with Gasteiger partial charge in [0.05, 0.1) is 22.4 Å². The highest BCUT2D eigenvalue weighted by atomic mass is 32.1. The molecular weight excluding hydrogens is 294 g/mol. The number of piperidine rings is 1. The van der Waals surface area contributed by atoms with Crippen molar-refractivity contribution in [2.24, 2.45) is 5.92 Å². The third-order valence-corrected chi connectivity index (χ3v) is 6.28. The third kappa shape index (κ3) is 2.62. The van der Waals surface area contributed by atoms with Gasteiger partial charge in [-0.2, -0.15) is 5.10 Å². The van der Waals surface area contributed by atoms with Crippen LogP contribution in [0, 0.1) is 5.92 Å². The Morgan fingerprint density at radius 2 is 2.36 bits per heavy atom. The molecule has 1 saturated heterocycles. The molecular formula is C17H23N3OS. The average Bonchev–Trinajstić information content (AvgIpc) is 3.18. The number of nitrogens with zero attached hydrogens (tertiary/aromatic N) is 2. The molecule has 2 N–H and O–H groups in total. The van der Waals surface area contributed by atoms with Crippen LogP contribution in [0.1, 0.15) is 37.7 Å². The molecule has 2 unspecified atom stereocenters. The Morgan fingerprint density at radius 1 is 1.41 bits per heavy atom. The SMILES string of the molecule is OC12CCCCC1CN(Cc1cn[nH]c1-c1cccs1)CC2.